The van der Waals surface area contributed by atoms with Crippen molar-refractivity contribution in [3.8, 4) is 0 Å². The molecule has 0 unspecified atom stereocenters. The predicted octanol–water partition coefficient (Wildman–Crippen LogP) is 1.36. The van der Waals surface area contributed by atoms with Crippen LogP contribution in [0.3, 0.4) is 0 Å². The molecule has 0 aliphatic rings. The fourth-order valence-corrected chi connectivity index (χ4v) is 1.72. The van der Waals surface area contributed by atoms with Gasteiger partial charge in [0.15, 0.2) is 5.82 Å². The van der Waals surface area contributed by atoms with Crippen LogP contribution in [0.2, 0.25) is 0 Å². The minimum atomic E-state index is -0.134. The Bertz CT molecular complexity index is 500. The monoisotopic (exact) mass is 254 g/mol. The normalized spacial score (nSPS) is 11.9. The molecule has 0 spiro atoms. The van der Waals surface area contributed by atoms with E-state index in [9.17, 15) is 0 Å². The van der Waals surface area contributed by atoms with Gasteiger partial charge in [-0.2, -0.15) is 9.97 Å². The Morgan fingerprint density at radius 2 is 2.12 bits per heavy atom. The maximum atomic E-state index is 5.42. The average molecular weight is 254 g/mol. The molecule has 0 aromatic carbocycles. The third-order valence-corrected chi connectivity index (χ3v) is 2.77. The van der Waals surface area contributed by atoms with Crippen molar-refractivity contribution in [2.45, 2.75) is 37.1 Å². The Labute approximate surface area is 103 Å². The molecule has 2 rings (SSSR count). The number of H-pyrrole nitrogens is 1. The summed E-state index contributed by atoms with van der Waals surface area (Å²) in [5.74, 6) is 2.11. The van der Waals surface area contributed by atoms with Crippen LogP contribution in [0.1, 0.15) is 32.5 Å². The Morgan fingerprint density at radius 1 is 1.35 bits per heavy atom. The van der Waals surface area contributed by atoms with Gasteiger partial charge in [-0.05, 0) is 0 Å². The molecule has 0 amide bonds. The first-order valence-corrected chi connectivity index (χ1v) is 6.07. The van der Waals surface area contributed by atoms with E-state index in [1.54, 1.807) is 0 Å². The van der Waals surface area contributed by atoms with Gasteiger partial charge in [0.05, 0.1) is 5.75 Å². The summed E-state index contributed by atoms with van der Waals surface area (Å²) >= 11 is 1.40. The van der Waals surface area contributed by atoms with Gasteiger partial charge in [-0.3, -0.25) is 0 Å². The second-order valence-corrected chi connectivity index (χ2v) is 5.50. The summed E-state index contributed by atoms with van der Waals surface area (Å²) in [6.07, 6.45) is 0. The molecule has 0 aliphatic carbocycles. The highest BCUT2D eigenvalue weighted by molar-refractivity contribution is 7.98. The number of hydrogen-bond acceptors (Lipinski definition) is 7. The summed E-state index contributed by atoms with van der Waals surface area (Å²) in [5.41, 5.74) is 5.28. The van der Waals surface area contributed by atoms with E-state index in [2.05, 4.69) is 25.3 Å². The van der Waals surface area contributed by atoms with Crippen LogP contribution in [0.15, 0.2) is 9.68 Å². The molecular formula is C9H14N6OS. The minimum absolute atomic E-state index is 0.134. The molecule has 8 heteroatoms. The van der Waals surface area contributed by atoms with Crippen molar-refractivity contribution in [3.05, 3.63) is 11.7 Å². The molecule has 7 nitrogen and oxygen atoms in total. The predicted molar refractivity (Wildman–Crippen MR) is 63.4 cm³/mol. The highest BCUT2D eigenvalue weighted by Gasteiger charge is 2.21. The fourth-order valence-electron chi connectivity index (χ4n) is 1.07. The number of thioether (sulfide) groups is 1. The SMILES string of the molecule is CC(C)(C)c1nc(CSc2n[nH]c(N)n2)no1. The summed E-state index contributed by atoms with van der Waals surface area (Å²) in [6.45, 7) is 6.06. The number of hydrogen-bond donors (Lipinski definition) is 2. The lowest BCUT2D eigenvalue weighted by molar-refractivity contribution is 0.319. The fraction of sp³-hybridized carbons (Fsp3) is 0.556. The van der Waals surface area contributed by atoms with Gasteiger partial charge in [-0.1, -0.05) is 37.7 Å². The molecule has 0 saturated heterocycles. The van der Waals surface area contributed by atoms with Crippen LogP contribution in [-0.2, 0) is 11.2 Å². The van der Waals surface area contributed by atoms with Crippen molar-refractivity contribution in [1.29, 1.82) is 0 Å². The highest BCUT2D eigenvalue weighted by Crippen LogP contribution is 2.22. The van der Waals surface area contributed by atoms with Crippen LogP contribution in [-0.4, -0.2) is 25.3 Å². The number of aromatic amines is 1. The largest absolute Gasteiger partial charge is 0.368 e. The topological polar surface area (TPSA) is 107 Å². The maximum absolute atomic E-state index is 5.42. The van der Waals surface area contributed by atoms with Crippen LogP contribution in [0.5, 0.6) is 0 Å². The van der Waals surface area contributed by atoms with E-state index in [-0.39, 0.29) is 5.41 Å². The Kier molecular flexibility index (Phi) is 3.05. The zero-order chi connectivity index (χ0) is 12.5. The lowest BCUT2D eigenvalue weighted by Gasteiger charge is -2.10. The van der Waals surface area contributed by atoms with Gasteiger partial charge in [-0.25, -0.2) is 5.10 Å². The third kappa shape index (κ3) is 2.96. The molecule has 3 N–H and O–H groups in total. The molecule has 2 aromatic heterocycles. The minimum Gasteiger partial charge on any atom is -0.368 e. The average Bonchev–Trinajstić information content (AvgIpc) is 2.82. The zero-order valence-electron chi connectivity index (χ0n) is 9.89. The molecule has 0 saturated carbocycles. The van der Waals surface area contributed by atoms with Crippen molar-refractivity contribution >= 4 is 17.7 Å². The van der Waals surface area contributed by atoms with Crippen LogP contribution in [0.4, 0.5) is 5.95 Å². The lowest BCUT2D eigenvalue weighted by atomic mass is 9.97. The summed E-state index contributed by atoms with van der Waals surface area (Å²) < 4.78 is 5.17. The second-order valence-electron chi connectivity index (χ2n) is 4.56. The molecule has 17 heavy (non-hydrogen) atoms. The Balaban J connectivity index is 1.98. The smallest absolute Gasteiger partial charge is 0.232 e. The molecule has 92 valence electrons. The molecule has 2 aromatic rings. The van der Waals surface area contributed by atoms with Gasteiger partial charge in [0.2, 0.25) is 17.0 Å². The number of rotatable bonds is 3. The van der Waals surface area contributed by atoms with Gasteiger partial charge in [0, 0.05) is 5.41 Å². The molecule has 0 bridgehead atoms. The number of anilines is 1. The summed E-state index contributed by atoms with van der Waals surface area (Å²) in [4.78, 5) is 8.28. The lowest BCUT2D eigenvalue weighted by Crippen LogP contribution is -2.11. The first kappa shape index (κ1) is 11.9. The van der Waals surface area contributed by atoms with E-state index in [1.807, 2.05) is 20.8 Å². The van der Waals surface area contributed by atoms with E-state index >= 15 is 0 Å². The molecule has 0 aliphatic heterocycles. The van der Waals surface area contributed by atoms with Gasteiger partial charge in [0.1, 0.15) is 0 Å². The molecule has 0 fully saturated rings. The molecule has 0 radical (unpaired) electrons. The second kappa shape index (κ2) is 4.36. The summed E-state index contributed by atoms with van der Waals surface area (Å²) in [6, 6.07) is 0. The first-order chi connectivity index (χ1) is 7.95. The van der Waals surface area contributed by atoms with Crippen molar-refractivity contribution in [2.75, 3.05) is 5.73 Å². The van der Waals surface area contributed by atoms with Crippen LogP contribution < -0.4 is 5.73 Å². The van der Waals surface area contributed by atoms with Crippen molar-refractivity contribution in [3.63, 3.8) is 0 Å². The number of aromatic nitrogens is 5. The van der Waals surface area contributed by atoms with Crippen molar-refractivity contribution in [2.24, 2.45) is 0 Å². The van der Waals surface area contributed by atoms with E-state index < -0.39 is 0 Å². The summed E-state index contributed by atoms with van der Waals surface area (Å²) in [7, 11) is 0. The van der Waals surface area contributed by atoms with E-state index in [0.29, 0.717) is 28.6 Å². The molecule has 0 atom stereocenters. The van der Waals surface area contributed by atoms with E-state index in [0.717, 1.165) is 0 Å². The van der Waals surface area contributed by atoms with Crippen LogP contribution in [0.25, 0.3) is 0 Å². The zero-order valence-corrected chi connectivity index (χ0v) is 10.7. The number of nitrogens with one attached hydrogen (secondary N) is 1. The van der Waals surface area contributed by atoms with Crippen molar-refractivity contribution in [1.82, 2.24) is 25.3 Å². The quantitative estimate of drug-likeness (QED) is 0.796. The Hall–Kier alpha value is -1.57. The van der Waals surface area contributed by atoms with Gasteiger partial charge in [0.25, 0.3) is 0 Å². The molecular weight excluding hydrogens is 240 g/mol. The van der Waals surface area contributed by atoms with E-state index in [1.165, 1.54) is 11.8 Å². The van der Waals surface area contributed by atoms with Crippen molar-refractivity contribution < 1.29 is 4.52 Å². The standard InChI is InChI=1S/C9H14N6OS/c1-9(2,3)6-11-5(15-16-6)4-17-8-12-7(10)13-14-8/h4H2,1-3H3,(H3,10,12,13,14). The first-order valence-electron chi connectivity index (χ1n) is 5.09. The number of nitrogens with zero attached hydrogens (tertiary/aromatic N) is 4. The summed E-state index contributed by atoms with van der Waals surface area (Å²) in [5, 5.41) is 10.9. The van der Waals surface area contributed by atoms with Crippen LogP contribution >= 0.6 is 11.8 Å². The van der Waals surface area contributed by atoms with Gasteiger partial charge >= 0.3 is 0 Å². The van der Waals surface area contributed by atoms with E-state index in [4.69, 9.17) is 10.3 Å². The van der Waals surface area contributed by atoms with Gasteiger partial charge < -0.3 is 10.3 Å². The third-order valence-electron chi connectivity index (χ3n) is 1.92. The highest BCUT2D eigenvalue weighted by atomic mass is 32.2. The Morgan fingerprint density at radius 3 is 2.65 bits per heavy atom. The maximum Gasteiger partial charge on any atom is 0.232 e. The molecule has 2 heterocycles. The van der Waals surface area contributed by atoms with Crippen LogP contribution in [0, 0.1) is 0 Å². The number of nitrogen functional groups attached to an aromatic ring is 1. The van der Waals surface area contributed by atoms with Gasteiger partial charge in [-0.15, -0.1) is 5.10 Å². The number of nitrogens with two attached hydrogens (primary N) is 1.